The monoisotopic (exact) mass is 386 g/mol. The number of rotatable bonds is 7. The zero-order valence-electron chi connectivity index (χ0n) is 16.4. The summed E-state index contributed by atoms with van der Waals surface area (Å²) in [4.78, 5) is 28.1. The van der Waals surface area contributed by atoms with E-state index in [1.165, 1.54) is 12.8 Å². The molecular weight excluding hydrogens is 356 g/mol. The molecule has 2 aliphatic rings. The third kappa shape index (κ3) is 6.64. The topological polar surface area (TPSA) is 74.2 Å². The Labute approximate surface area is 166 Å². The summed E-state index contributed by atoms with van der Waals surface area (Å²) >= 11 is 0. The van der Waals surface area contributed by atoms with Crippen LogP contribution in [0, 0.1) is 0 Å². The maximum absolute atomic E-state index is 12.1. The number of carbonyl (C=O) groups is 2. The summed E-state index contributed by atoms with van der Waals surface area (Å²) in [6.07, 6.45) is 8.54. The number of benzene rings is 1. The minimum absolute atomic E-state index is 0.0433. The van der Waals surface area contributed by atoms with E-state index in [-0.39, 0.29) is 18.4 Å². The van der Waals surface area contributed by atoms with Gasteiger partial charge in [0.1, 0.15) is 5.75 Å². The zero-order valence-corrected chi connectivity index (χ0v) is 16.4. The van der Waals surface area contributed by atoms with Crippen LogP contribution < -0.4 is 10.2 Å². The molecule has 2 fully saturated rings. The molecule has 0 saturated carbocycles. The summed E-state index contributed by atoms with van der Waals surface area (Å²) < 4.78 is 5.59. The number of ether oxygens (including phenoxy) is 1. The van der Waals surface area contributed by atoms with Crippen LogP contribution in [-0.4, -0.2) is 67.2 Å². The van der Waals surface area contributed by atoms with Gasteiger partial charge < -0.3 is 9.64 Å². The van der Waals surface area contributed by atoms with Crippen LogP contribution in [0.2, 0.25) is 0 Å². The molecule has 0 spiro atoms. The second-order valence-electron chi connectivity index (χ2n) is 7.43. The summed E-state index contributed by atoms with van der Waals surface area (Å²) in [5.41, 5.74) is 3.43. The summed E-state index contributed by atoms with van der Waals surface area (Å²) in [6.45, 7) is 4.11. The van der Waals surface area contributed by atoms with Crippen LogP contribution in [0.4, 0.5) is 0 Å². The first-order valence-electron chi connectivity index (χ1n) is 10.3. The van der Waals surface area contributed by atoms with Gasteiger partial charge in [-0.2, -0.15) is 5.10 Å². The van der Waals surface area contributed by atoms with Gasteiger partial charge >= 0.3 is 0 Å². The molecule has 1 aromatic carbocycles. The third-order valence-electron chi connectivity index (χ3n) is 5.17. The van der Waals surface area contributed by atoms with Gasteiger partial charge in [0.25, 0.3) is 11.8 Å². The molecule has 0 unspecified atom stereocenters. The molecule has 0 atom stereocenters. The molecule has 2 amide bonds. The number of nitrogens with zero attached hydrogens (tertiary/aromatic N) is 3. The van der Waals surface area contributed by atoms with Gasteiger partial charge in [-0.15, -0.1) is 0 Å². The molecule has 0 bridgehead atoms. The van der Waals surface area contributed by atoms with E-state index in [4.69, 9.17) is 4.74 Å². The quantitative estimate of drug-likeness (QED) is 0.575. The molecule has 2 saturated heterocycles. The number of carbonyl (C=O) groups excluding carboxylic acids is 2. The Hall–Kier alpha value is -2.41. The van der Waals surface area contributed by atoms with E-state index < -0.39 is 0 Å². The molecule has 2 heterocycles. The van der Waals surface area contributed by atoms with E-state index in [9.17, 15) is 9.59 Å². The van der Waals surface area contributed by atoms with Crippen molar-refractivity contribution in [3.63, 3.8) is 0 Å². The molecule has 1 N–H and O–H groups in total. The third-order valence-corrected chi connectivity index (χ3v) is 5.17. The van der Waals surface area contributed by atoms with Crippen molar-refractivity contribution in [1.82, 2.24) is 15.2 Å². The van der Waals surface area contributed by atoms with Gasteiger partial charge in [-0.05, 0) is 75.0 Å². The molecule has 152 valence electrons. The number of hydrazone groups is 1. The molecule has 0 aromatic heterocycles. The second-order valence-corrected chi connectivity index (χ2v) is 7.43. The van der Waals surface area contributed by atoms with Crippen LogP contribution in [0.25, 0.3) is 0 Å². The van der Waals surface area contributed by atoms with Gasteiger partial charge in [0.2, 0.25) is 0 Å². The molecule has 0 aliphatic carbocycles. The minimum Gasteiger partial charge on any atom is -0.484 e. The summed E-state index contributed by atoms with van der Waals surface area (Å²) in [6, 6.07) is 7.31. The lowest BCUT2D eigenvalue weighted by molar-refractivity contribution is -0.134. The molecule has 7 heteroatoms. The lowest BCUT2D eigenvalue weighted by Gasteiger charge is -2.26. The average Bonchev–Trinajstić information content (AvgIpc) is 2.74. The zero-order chi connectivity index (χ0) is 19.6. The maximum atomic E-state index is 12.1. The SMILES string of the molecule is O=C(CN1CCCCC1)N/N=C\c1ccc(OCC(=O)N2CCCCC2)cc1. The smallest absolute Gasteiger partial charge is 0.260 e. The summed E-state index contributed by atoms with van der Waals surface area (Å²) in [5, 5.41) is 4.02. The minimum atomic E-state index is -0.0886. The van der Waals surface area contributed by atoms with Gasteiger partial charge in [0.15, 0.2) is 6.61 Å². The molecule has 2 aliphatic heterocycles. The van der Waals surface area contributed by atoms with Gasteiger partial charge in [0.05, 0.1) is 12.8 Å². The van der Waals surface area contributed by atoms with Gasteiger partial charge in [-0.25, -0.2) is 5.43 Å². The van der Waals surface area contributed by atoms with Crippen molar-refractivity contribution in [3.05, 3.63) is 29.8 Å². The largest absolute Gasteiger partial charge is 0.484 e. The molecular formula is C21H30N4O3. The Morgan fingerprint density at radius 2 is 1.61 bits per heavy atom. The van der Waals surface area contributed by atoms with Crippen LogP contribution >= 0.6 is 0 Å². The summed E-state index contributed by atoms with van der Waals surface area (Å²) in [5.74, 6) is 0.604. The highest BCUT2D eigenvalue weighted by molar-refractivity contribution is 5.83. The molecule has 7 nitrogen and oxygen atoms in total. The average molecular weight is 386 g/mol. The Morgan fingerprint density at radius 1 is 0.964 bits per heavy atom. The van der Waals surface area contributed by atoms with Crippen molar-refractivity contribution in [2.45, 2.75) is 38.5 Å². The Kier molecular flexibility index (Phi) is 7.84. The fraction of sp³-hybridized carbons (Fsp3) is 0.571. The lowest BCUT2D eigenvalue weighted by atomic mass is 10.1. The van der Waals surface area contributed by atoms with Crippen molar-refractivity contribution in [2.75, 3.05) is 39.3 Å². The highest BCUT2D eigenvalue weighted by Gasteiger charge is 2.16. The molecule has 3 rings (SSSR count). The fourth-order valence-corrected chi connectivity index (χ4v) is 3.56. The number of hydrogen-bond acceptors (Lipinski definition) is 5. The number of piperidine rings is 2. The Bertz CT molecular complexity index is 663. The van der Waals surface area contributed by atoms with Gasteiger partial charge in [0, 0.05) is 13.1 Å². The van der Waals surface area contributed by atoms with Crippen molar-refractivity contribution >= 4 is 18.0 Å². The number of hydrogen-bond donors (Lipinski definition) is 1. The van der Waals surface area contributed by atoms with Crippen molar-refractivity contribution in [1.29, 1.82) is 0 Å². The van der Waals surface area contributed by atoms with Crippen LogP contribution in [0.5, 0.6) is 5.75 Å². The van der Waals surface area contributed by atoms with E-state index in [1.807, 2.05) is 17.0 Å². The predicted octanol–water partition coefficient (Wildman–Crippen LogP) is 2.01. The van der Waals surface area contributed by atoms with Crippen LogP contribution in [0.15, 0.2) is 29.4 Å². The standard InChI is InChI=1S/C21H30N4O3/c26-20(16-24-11-3-1-4-12-24)23-22-15-18-7-9-19(10-8-18)28-17-21(27)25-13-5-2-6-14-25/h7-10,15H,1-6,11-14,16-17H2,(H,23,26)/b22-15-. The highest BCUT2D eigenvalue weighted by Crippen LogP contribution is 2.13. The lowest BCUT2D eigenvalue weighted by Crippen LogP contribution is -2.38. The molecule has 1 aromatic rings. The first-order chi connectivity index (χ1) is 13.7. The van der Waals surface area contributed by atoms with Crippen molar-refractivity contribution < 1.29 is 14.3 Å². The highest BCUT2D eigenvalue weighted by atomic mass is 16.5. The normalized spacial score (nSPS) is 18.2. The first kappa shape index (κ1) is 20.3. The van der Waals surface area contributed by atoms with E-state index >= 15 is 0 Å². The van der Waals surface area contributed by atoms with E-state index in [2.05, 4.69) is 15.4 Å². The number of likely N-dealkylation sites (tertiary alicyclic amines) is 2. The number of nitrogens with one attached hydrogen (secondary N) is 1. The Balaban J connectivity index is 1.37. The van der Waals surface area contributed by atoms with Crippen molar-refractivity contribution in [2.24, 2.45) is 5.10 Å². The maximum Gasteiger partial charge on any atom is 0.260 e. The predicted molar refractivity (Wildman–Crippen MR) is 108 cm³/mol. The van der Waals surface area contributed by atoms with E-state index in [1.54, 1.807) is 18.3 Å². The molecule has 28 heavy (non-hydrogen) atoms. The van der Waals surface area contributed by atoms with Crippen LogP contribution in [0.1, 0.15) is 44.1 Å². The second kappa shape index (κ2) is 10.8. The fourth-order valence-electron chi connectivity index (χ4n) is 3.56. The van der Waals surface area contributed by atoms with Gasteiger partial charge in [-0.1, -0.05) is 6.42 Å². The first-order valence-corrected chi connectivity index (χ1v) is 10.3. The molecule has 0 radical (unpaired) electrons. The summed E-state index contributed by atoms with van der Waals surface area (Å²) in [7, 11) is 0. The Morgan fingerprint density at radius 3 is 2.29 bits per heavy atom. The van der Waals surface area contributed by atoms with Crippen LogP contribution in [-0.2, 0) is 9.59 Å². The van der Waals surface area contributed by atoms with E-state index in [0.717, 1.165) is 57.4 Å². The van der Waals surface area contributed by atoms with E-state index in [0.29, 0.717) is 12.3 Å². The van der Waals surface area contributed by atoms with Crippen LogP contribution in [0.3, 0.4) is 0 Å². The van der Waals surface area contributed by atoms with Crippen molar-refractivity contribution in [3.8, 4) is 5.75 Å². The van der Waals surface area contributed by atoms with Gasteiger partial charge in [-0.3, -0.25) is 14.5 Å². The number of amides is 2.